The largest absolute Gasteiger partial charge is 0.381 e. The molecule has 1 saturated heterocycles. The molecule has 2 N–H and O–H groups in total. The molecule has 0 unspecified atom stereocenters. The van der Waals surface area contributed by atoms with Crippen LogP contribution in [0.15, 0.2) is 54.6 Å². The van der Waals surface area contributed by atoms with Gasteiger partial charge in [-0.25, -0.2) is 0 Å². The van der Waals surface area contributed by atoms with E-state index in [9.17, 15) is 4.79 Å². The highest BCUT2D eigenvalue weighted by Crippen LogP contribution is 2.11. The molecular weight excluding hydrogens is 298 g/mol. The molecule has 126 valence electrons. The molecule has 0 radical (unpaired) electrons. The van der Waals surface area contributed by atoms with Gasteiger partial charge in [0.05, 0.1) is 0 Å². The summed E-state index contributed by atoms with van der Waals surface area (Å²) in [5.74, 6) is 0.297. The molecule has 4 heteroatoms. The Balaban J connectivity index is 1.37. The maximum atomic E-state index is 11.5. The molecule has 2 aromatic rings. The van der Waals surface area contributed by atoms with Gasteiger partial charge >= 0.3 is 0 Å². The molecule has 3 rings (SSSR count). The SMILES string of the molecule is O=C1CCCN1CCNCc1ccc(NCc2ccccc2)cc1. The molecule has 4 nitrogen and oxygen atoms in total. The van der Waals surface area contributed by atoms with E-state index in [0.29, 0.717) is 5.91 Å². The van der Waals surface area contributed by atoms with Crippen molar-refractivity contribution in [3.63, 3.8) is 0 Å². The van der Waals surface area contributed by atoms with Gasteiger partial charge in [-0.05, 0) is 29.7 Å². The van der Waals surface area contributed by atoms with Crippen LogP contribution < -0.4 is 10.6 Å². The van der Waals surface area contributed by atoms with Gasteiger partial charge in [0.25, 0.3) is 0 Å². The minimum atomic E-state index is 0.297. The zero-order valence-electron chi connectivity index (χ0n) is 14.0. The number of carbonyl (C=O) groups is 1. The molecule has 2 aromatic carbocycles. The Hall–Kier alpha value is -2.33. The Morgan fingerprint density at radius 1 is 0.917 bits per heavy atom. The fourth-order valence-corrected chi connectivity index (χ4v) is 2.93. The summed E-state index contributed by atoms with van der Waals surface area (Å²) < 4.78 is 0. The maximum absolute atomic E-state index is 11.5. The number of benzene rings is 2. The van der Waals surface area contributed by atoms with Crippen LogP contribution in [-0.2, 0) is 17.9 Å². The molecule has 0 bridgehead atoms. The Labute approximate surface area is 143 Å². The van der Waals surface area contributed by atoms with Gasteiger partial charge in [-0.3, -0.25) is 4.79 Å². The lowest BCUT2D eigenvalue weighted by Crippen LogP contribution is -2.32. The van der Waals surface area contributed by atoms with Gasteiger partial charge in [0.1, 0.15) is 0 Å². The van der Waals surface area contributed by atoms with Crippen LogP contribution in [0.1, 0.15) is 24.0 Å². The van der Waals surface area contributed by atoms with Crippen LogP contribution in [0.3, 0.4) is 0 Å². The van der Waals surface area contributed by atoms with Crippen molar-refractivity contribution in [2.24, 2.45) is 0 Å². The zero-order chi connectivity index (χ0) is 16.6. The fourth-order valence-electron chi connectivity index (χ4n) is 2.93. The number of nitrogens with one attached hydrogen (secondary N) is 2. The summed E-state index contributed by atoms with van der Waals surface area (Å²) >= 11 is 0. The number of hydrogen-bond acceptors (Lipinski definition) is 3. The van der Waals surface area contributed by atoms with Crippen molar-refractivity contribution >= 4 is 11.6 Å². The number of amides is 1. The monoisotopic (exact) mass is 323 g/mol. The van der Waals surface area contributed by atoms with E-state index in [0.717, 1.165) is 51.3 Å². The predicted molar refractivity (Wildman–Crippen MR) is 97.7 cm³/mol. The van der Waals surface area contributed by atoms with E-state index in [1.165, 1.54) is 11.1 Å². The molecule has 0 spiro atoms. The average molecular weight is 323 g/mol. The lowest BCUT2D eigenvalue weighted by molar-refractivity contribution is -0.127. The number of nitrogens with zero attached hydrogens (tertiary/aromatic N) is 1. The first-order valence-corrected chi connectivity index (χ1v) is 8.66. The quantitative estimate of drug-likeness (QED) is 0.734. The minimum absolute atomic E-state index is 0.297. The molecule has 0 saturated carbocycles. The highest BCUT2D eigenvalue weighted by molar-refractivity contribution is 5.78. The highest BCUT2D eigenvalue weighted by Gasteiger charge is 2.18. The Kier molecular flexibility index (Phi) is 5.85. The van der Waals surface area contributed by atoms with Crippen molar-refractivity contribution in [2.75, 3.05) is 25.0 Å². The van der Waals surface area contributed by atoms with Crippen LogP contribution in [0.25, 0.3) is 0 Å². The third-order valence-corrected chi connectivity index (χ3v) is 4.35. The summed E-state index contributed by atoms with van der Waals surface area (Å²) in [6.07, 6.45) is 1.73. The molecule has 24 heavy (non-hydrogen) atoms. The second-order valence-electron chi connectivity index (χ2n) is 6.20. The van der Waals surface area contributed by atoms with E-state index >= 15 is 0 Å². The molecular formula is C20H25N3O. The molecule has 1 fully saturated rings. The summed E-state index contributed by atoms with van der Waals surface area (Å²) in [5, 5.41) is 6.84. The lowest BCUT2D eigenvalue weighted by Gasteiger charge is -2.15. The lowest BCUT2D eigenvalue weighted by atomic mass is 10.2. The fraction of sp³-hybridized carbons (Fsp3) is 0.350. The average Bonchev–Trinajstić information content (AvgIpc) is 3.04. The number of carbonyl (C=O) groups excluding carboxylic acids is 1. The van der Waals surface area contributed by atoms with Crippen molar-refractivity contribution < 1.29 is 4.79 Å². The van der Waals surface area contributed by atoms with E-state index in [1.54, 1.807) is 0 Å². The van der Waals surface area contributed by atoms with E-state index < -0.39 is 0 Å². The second-order valence-corrected chi connectivity index (χ2v) is 6.20. The Bertz CT molecular complexity index is 640. The highest BCUT2D eigenvalue weighted by atomic mass is 16.2. The van der Waals surface area contributed by atoms with Crippen LogP contribution in [0.4, 0.5) is 5.69 Å². The van der Waals surface area contributed by atoms with E-state index in [-0.39, 0.29) is 0 Å². The molecule has 1 aliphatic rings. The summed E-state index contributed by atoms with van der Waals surface area (Å²) in [6.45, 7) is 4.25. The Morgan fingerprint density at radius 2 is 1.67 bits per heavy atom. The van der Waals surface area contributed by atoms with Gasteiger partial charge in [0.15, 0.2) is 0 Å². The number of anilines is 1. The standard InChI is InChI=1S/C20H25N3O/c24-20-7-4-13-23(20)14-12-21-15-18-8-10-19(11-9-18)22-16-17-5-2-1-3-6-17/h1-3,5-6,8-11,21-22H,4,7,12-16H2. The van der Waals surface area contributed by atoms with E-state index in [2.05, 4.69) is 59.2 Å². The first kappa shape index (κ1) is 16.5. The smallest absolute Gasteiger partial charge is 0.222 e. The molecule has 0 atom stereocenters. The summed E-state index contributed by atoms with van der Waals surface area (Å²) in [7, 11) is 0. The van der Waals surface area contributed by atoms with Crippen LogP contribution in [0.5, 0.6) is 0 Å². The van der Waals surface area contributed by atoms with E-state index in [4.69, 9.17) is 0 Å². The van der Waals surface area contributed by atoms with Crippen molar-refractivity contribution in [1.82, 2.24) is 10.2 Å². The van der Waals surface area contributed by atoms with Crippen LogP contribution in [0.2, 0.25) is 0 Å². The third-order valence-electron chi connectivity index (χ3n) is 4.35. The maximum Gasteiger partial charge on any atom is 0.222 e. The van der Waals surface area contributed by atoms with Gasteiger partial charge in [-0.15, -0.1) is 0 Å². The summed E-state index contributed by atoms with van der Waals surface area (Å²) in [6, 6.07) is 18.9. The Morgan fingerprint density at radius 3 is 2.38 bits per heavy atom. The topological polar surface area (TPSA) is 44.4 Å². The van der Waals surface area contributed by atoms with Gasteiger partial charge in [-0.2, -0.15) is 0 Å². The third kappa shape index (κ3) is 4.83. The first-order chi connectivity index (χ1) is 11.8. The molecule has 1 amide bonds. The summed E-state index contributed by atoms with van der Waals surface area (Å²) in [4.78, 5) is 13.5. The predicted octanol–water partition coefficient (Wildman–Crippen LogP) is 3.01. The van der Waals surface area contributed by atoms with E-state index in [1.807, 2.05) is 11.0 Å². The van der Waals surface area contributed by atoms with Gasteiger partial charge in [0, 0.05) is 44.8 Å². The molecule has 1 heterocycles. The van der Waals surface area contributed by atoms with Crippen molar-refractivity contribution in [1.29, 1.82) is 0 Å². The minimum Gasteiger partial charge on any atom is -0.381 e. The number of hydrogen-bond donors (Lipinski definition) is 2. The second kappa shape index (κ2) is 8.50. The van der Waals surface area contributed by atoms with Crippen LogP contribution >= 0.6 is 0 Å². The van der Waals surface area contributed by atoms with Gasteiger partial charge < -0.3 is 15.5 Å². The van der Waals surface area contributed by atoms with Gasteiger partial charge in [-0.1, -0.05) is 42.5 Å². The van der Waals surface area contributed by atoms with Crippen LogP contribution in [0, 0.1) is 0 Å². The first-order valence-electron chi connectivity index (χ1n) is 8.66. The number of rotatable bonds is 8. The van der Waals surface area contributed by atoms with Crippen molar-refractivity contribution in [3.05, 3.63) is 65.7 Å². The zero-order valence-corrected chi connectivity index (χ0v) is 14.0. The van der Waals surface area contributed by atoms with Crippen LogP contribution in [-0.4, -0.2) is 30.4 Å². The van der Waals surface area contributed by atoms with Gasteiger partial charge in [0.2, 0.25) is 5.91 Å². The normalized spacial score (nSPS) is 14.2. The molecule has 0 aromatic heterocycles. The molecule has 1 aliphatic heterocycles. The number of likely N-dealkylation sites (tertiary alicyclic amines) is 1. The summed E-state index contributed by atoms with van der Waals surface area (Å²) in [5.41, 5.74) is 3.66. The molecule has 0 aliphatic carbocycles. The van der Waals surface area contributed by atoms with Crippen molar-refractivity contribution in [3.8, 4) is 0 Å². The van der Waals surface area contributed by atoms with Crippen molar-refractivity contribution in [2.45, 2.75) is 25.9 Å².